The van der Waals surface area contributed by atoms with Crippen molar-refractivity contribution < 1.29 is 22.4 Å². The Labute approximate surface area is 148 Å². The van der Waals surface area contributed by atoms with Crippen LogP contribution in [0.5, 0.6) is 0 Å². The van der Waals surface area contributed by atoms with E-state index in [2.05, 4.69) is 10.3 Å². The van der Waals surface area contributed by atoms with Crippen LogP contribution in [-0.2, 0) is 21.1 Å². The van der Waals surface area contributed by atoms with Crippen LogP contribution in [-0.4, -0.2) is 54.7 Å². The van der Waals surface area contributed by atoms with Gasteiger partial charge >= 0.3 is 0 Å². The van der Waals surface area contributed by atoms with E-state index in [9.17, 15) is 18.0 Å². The molecule has 3 rings (SSSR count). The van der Waals surface area contributed by atoms with Crippen LogP contribution in [0.25, 0.3) is 0 Å². The first kappa shape index (κ1) is 17.6. The van der Waals surface area contributed by atoms with E-state index < -0.39 is 15.7 Å². The predicted molar refractivity (Wildman–Crippen MR) is 92.3 cm³/mol. The van der Waals surface area contributed by atoms with Crippen LogP contribution in [0.15, 0.2) is 28.2 Å². The predicted octanol–water partition coefficient (Wildman–Crippen LogP) is 1.18. The Morgan fingerprint density at radius 2 is 2.28 bits per heavy atom. The number of amides is 2. The number of carbonyl (C=O) groups is 2. The fourth-order valence-corrected chi connectivity index (χ4v) is 5.06. The first-order valence-electron chi connectivity index (χ1n) is 7.59. The number of anilines is 1. The summed E-state index contributed by atoms with van der Waals surface area (Å²) in [6, 6.07) is 2.87. The van der Waals surface area contributed by atoms with Gasteiger partial charge in [-0.25, -0.2) is 13.4 Å². The molecule has 2 aromatic rings. The van der Waals surface area contributed by atoms with Gasteiger partial charge in [0.15, 0.2) is 20.7 Å². The number of aromatic nitrogens is 1. The van der Waals surface area contributed by atoms with Gasteiger partial charge in [0.1, 0.15) is 0 Å². The number of hydrogen-bond donors (Lipinski definition) is 1. The van der Waals surface area contributed by atoms with Gasteiger partial charge in [-0.1, -0.05) is 0 Å². The number of hydrogen-bond acceptors (Lipinski definition) is 7. The second-order valence-corrected chi connectivity index (χ2v) is 8.90. The molecule has 1 unspecified atom stereocenters. The molecule has 2 aromatic heterocycles. The highest BCUT2D eigenvalue weighted by Gasteiger charge is 2.32. The number of nitrogens with one attached hydrogen (secondary N) is 1. The van der Waals surface area contributed by atoms with Crippen molar-refractivity contribution in [2.75, 3.05) is 23.9 Å². The van der Waals surface area contributed by atoms with Crippen molar-refractivity contribution in [2.24, 2.45) is 0 Å². The molecule has 0 aliphatic carbocycles. The number of thiazole rings is 1. The lowest BCUT2D eigenvalue weighted by molar-refractivity contribution is -0.130. The van der Waals surface area contributed by atoms with Crippen molar-refractivity contribution >= 4 is 38.1 Å². The first-order valence-corrected chi connectivity index (χ1v) is 10.3. The average Bonchev–Trinajstić information content (AvgIpc) is 3.27. The van der Waals surface area contributed by atoms with E-state index in [0.717, 1.165) is 0 Å². The van der Waals surface area contributed by atoms with E-state index in [1.54, 1.807) is 18.5 Å². The molecule has 10 heteroatoms. The highest BCUT2D eigenvalue weighted by atomic mass is 32.2. The van der Waals surface area contributed by atoms with Gasteiger partial charge in [-0.3, -0.25) is 14.9 Å². The minimum Gasteiger partial charge on any atom is -0.459 e. The molecule has 2 amide bonds. The summed E-state index contributed by atoms with van der Waals surface area (Å²) in [5.41, 5.74) is 0.525. The quantitative estimate of drug-likeness (QED) is 0.830. The summed E-state index contributed by atoms with van der Waals surface area (Å²) in [5, 5.41) is 4.66. The molecule has 0 saturated carbocycles. The van der Waals surface area contributed by atoms with Crippen LogP contribution in [0.4, 0.5) is 5.13 Å². The molecule has 1 fully saturated rings. The number of rotatable bonds is 5. The molecule has 8 nitrogen and oxygen atoms in total. The van der Waals surface area contributed by atoms with Crippen molar-refractivity contribution in [1.29, 1.82) is 0 Å². The molecule has 3 heterocycles. The summed E-state index contributed by atoms with van der Waals surface area (Å²) in [4.78, 5) is 29.9. The molecule has 0 radical (unpaired) electrons. The fraction of sp³-hybridized carbons (Fsp3) is 0.400. The summed E-state index contributed by atoms with van der Waals surface area (Å²) in [6.45, 7) is 0. The molecule has 0 spiro atoms. The smallest absolute Gasteiger partial charge is 0.293 e. The molecule has 0 bridgehead atoms. The SMILES string of the molecule is CN(C(=O)Cc1csc(NC(=O)c2ccco2)n1)C1CCS(=O)(=O)C1. The first-order chi connectivity index (χ1) is 11.8. The number of carbonyl (C=O) groups excluding carboxylic acids is 2. The minimum atomic E-state index is -3.04. The Bertz CT molecular complexity index is 873. The van der Waals surface area contributed by atoms with Gasteiger partial charge in [0.25, 0.3) is 5.91 Å². The van der Waals surface area contributed by atoms with E-state index in [1.807, 2.05) is 0 Å². The van der Waals surface area contributed by atoms with E-state index >= 15 is 0 Å². The summed E-state index contributed by atoms with van der Waals surface area (Å²) in [5.74, 6) is -0.303. The Balaban J connectivity index is 1.57. The zero-order valence-electron chi connectivity index (χ0n) is 13.5. The van der Waals surface area contributed by atoms with Crippen LogP contribution in [0.3, 0.4) is 0 Å². The van der Waals surface area contributed by atoms with Gasteiger partial charge in [0, 0.05) is 18.5 Å². The summed E-state index contributed by atoms with van der Waals surface area (Å²) in [6.07, 6.45) is 1.92. The molecule has 25 heavy (non-hydrogen) atoms. The maximum atomic E-state index is 12.3. The van der Waals surface area contributed by atoms with Gasteiger partial charge in [-0.2, -0.15) is 0 Å². The Morgan fingerprint density at radius 1 is 1.48 bits per heavy atom. The Morgan fingerprint density at radius 3 is 2.92 bits per heavy atom. The van der Waals surface area contributed by atoms with Crippen LogP contribution >= 0.6 is 11.3 Å². The molecular weight excluding hydrogens is 366 g/mol. The molecule has 1 saturated heterocycles. The van der Waals surface area contributed by atoms with Gasteiger partial charge in [-0.15, -0.1) is 11.3 Å². The van der Waals surface area contributed by atoms with Crippen LogP contribution < -0.4 is 5.32 Å². The summed E-state index contributed by atoms with van der Waals surface area (Å²) >= 11 is 1.21. The third-order valence-electron chi connectivity index (χ3n) is 4.00. The van der Waals surface area contributed by atoms with Gasteiger partial charge < -0.3 is 9.32 Å². The van der Waals surface area contributed by atoms with Gasteiger partial charge in [0.05, 0.1) is 29.9 Å². The highest BCUT2D eigenvalue weighted by Crippen LogP contribution is 2.20. The minimum absolute atomic E-state index is 0.0107. The van der Waals surface area contributed by atoms with Gasteiger partial charge in [0.2, 0.25) is 5.91 Å². The van der Waals surface area contributed by atoms with E-state index in [1.165, 1.54) is 28.6 Å². The van der Waals surface area contributed by atoms with Crippen LogP contribution in [0, 0.1) is 0 Å². The zero-order chi connectivity index (χ0) is 18.0. The lowest BCUT2D eigenvalue weighted by Gasteiger charge is -2.23. The third kappa shape index (κ3) is 4.26. The van der Waals surface area contributed by atoms with Crippen molar-refractivity contribution in [2.45, 2.75) is 18.9 Å². The third-order valence-corrected chi connectivity index (χ3v) is 6.56. The molecule has 0 aromatic carbocycles. The van der Waals surface area contributed by atoms with Crippen LogP contribution in [0.2, 0.25) is 0 Å². The molecule has 1 atom stereocenters. The molecule has 134 valence electrons. The summed E-state index contributed by atoms with van der Waals surface area (Å²) < 4.78 is 28.1. The maximum absolute atomic E-state index is 12.3. The van der Waals surface area contributed by atoms with E-state index in [-0.39, 0.29) is 35.6 Å². The van der Waals surface area contributed by atoms with Gasteiger partial charge in [-0.05, 0) is 18.6 Å². The Hall–Kier alpha value is -2.20. The normalized spacial score (nSPS) is 18.8. The van der Waals surface area contributed by atoms with E-state index in [4.69, 9.17) is 4.42 Å². The average molecular weight is 383 g/mol. The molecular formula is C15H17N3O5S2. The molecule has 1 aliphatic rings. The number of sulfone groups is 1. The number of nitrogens with zero attached hydrogens (tertiary/aromatic N) is 2. The second kappa shape index (κ2) is 6.96. The highest BCUT2D eigenvalue weighted by molar-refractivity contribution is 7.91. The monoisotopic (exact) mass is 383 g/mol. The fourth-order valence-electron chi connectivity index (χ4n) is 2.58. The second-order valence-electron chi connectivity index (χ2n) is 5.81. The van der Waals surface area contributed by atoms with Crippen molar-refractivity contribution in [3.05, 3.63) is 35.2 Å². The zero-order valence-corrected chi connectivity index (χ0v) is 15.1. The standard InChI is InChI=1S/C15H17N3O5S2/c1-18(11-4-6-25(21,22)9-11)13(19)7-10-8-24-15(16-10)17-14(20)12-3-2-5-23-12/h2-3,5,8,11H,4,6-7,9H2,1H3,(H,16,17,20). The van der Waals surface area contributed by atoms with Crippen molar-refractivity contribution in [1.82, 2.24) is 9.88 Å². The maximum Gasteiger partial charge on any atom is 0.293 e. The summed E-state index contributed by atoms with van der Waals surface area (Å²) in [7, 11) is -1.43. The van der Waals surface area contributed by atoms with Crippen LogP contribution in [0.1, 0.15) is 22.7 Å². The Kier molecular flexibility index (Phi) is 4.91. The lowest BCUT2D eigenvalue weighted by atomic mass is 10.2. The number of likely N-dealkylation sites (N-methyl/N-ethyl adjacent to an activating group) is 1. The molecule has 1 aliphatic heterocycles. The number of furan rings is 1. The van der Waals surface area contributed by atoms with Crippen molar-refractivity contribution in [3.63, 3.8) is 0 Å². The van der Waals surface area contributed by atoms with E-state index in [0.29, 0.717) is 17.2 Å². The van der Waals surface area contributed by atoms with Crippen molar-refractivity contribution in [3.8, 4) is 0 Å². The largest absolute Gasteiger partial charge is 0.459 e. The molecule has 1 N–H and O–H groups in total. The topological polar surface area (TPSA) is 110 Å². The lowest BCUT2D eigenvalue weighted by Crippen LogP contribution is -2.38.